The Hall–Kier alpha value is -1.62. The first-order valence-electron chi connectivity index (χ1n) is 6.40. The van der Waals surface area contributed by atoms with Crippen molar-refractivity contribution < 1.29 is 18.7 Å². The maximum Gasteiger partial charge on any atom is 0.311 e. The van der Waals surface area contributed by atoms with Gasteiger partial charge in [-0.15, -0.1) is 0 Å². The zero-order chi connectivity index (χ0) is 14.7. The zero-order valence-electron chi connectivity index (χ0n) is 11.0. The van der Waals surface area contributed by atoms with Crippen LogP contribution >= 0.6 is 11.6 Å². The van der Waals surface area contributed by atoms with Gasteiger partial charge in [0.15, 0.2) is 6.10 Å². The SMILES string of the molecule is C[C@@H](OC(=O)Cc1c(F)cccc1Cl)C(=O)NC1CC1. The largest absolute Gasteiger partial charge is 0.452 e. The molecule has 0 bridgehead atoms. The van der Waals surface area contributed by atoms with Gasteiger partial charge in [0, 0.05) is 16.6 Å². The van der Waals surface area contributed by atoms with E-state index in [1.165, 1.54) is 25.1 Å². The monoisotopic (exact) mass is 299 g/mol. The highest BCUT2D eigenvalue weighted by atomic mass is 35.5. The smallest absolute Gasteiger partial charge is 0.311 e. The molecule has 0 unspecified atom stereocenters. The molecule has 1 amide bonds. The number of benzene rings is 1. The average molecular weight is 300 g/mol. The Morgan fingerprint density at radius 3 is 2.80 bits per heavy atom. The van der Waals surface area contributed by atoms with Crippen molar-refractivity contribution in [3.63, 3.8) is 0 Å². The van der Waals surface area contributed by atoms with Crippen LogP contribution in [0, 0.1) is 5.82 Å². The highest BCUT2D eigenvalue weighted by Gasteiger charge is 2.27. The molecule has 20 heavy (non-hydrogen) atoms. The second-order valence-electron chi connectivity index (χ2n) is 4.79. The number of hydrogen-bond acceptors (Lipinski definition) is 3. The fourth-order valence-electron chi connectivity index (χ4n) is 1.68. The van der Waals surface area contributed by atoms with E-state index in [1.807, 2.05) is 0 Å². The van der Waals surface area contributed by atoms with Crippen LogP contribution in [-0.2, 0) is 20.7 Å². The summed E-state index contributed by atoms with van der Waals surface area (Å²) in [5.74, 6) is -1.58. The van der Waals surface area contributed by atoms with Gasteiger partial charge >= 0.3 is 5.97 Å². The Morgan fingerprint density at radius 1 is 1.50 bits per heavy atom. The Bertz CT molecular complexity index is 511. The van der Waals surface area contributed by atoms with Crippen molar-refractivity contribution in [2.45, 2.75) is 38.3 Å². The van der Waals surface area contributed by atoms with E-state index in [1.54, 1.807) is 0 Å². The summed E-state index contributed by atoms with van der Waals surface area (Å²) >= 11 is 5.82. The van der Waals surface area contributed by atoms with Gasteiger partial charge in [-0.05, 0) is 31.9 Å². The van der Waals surface area contributed by atoms with Crippen LogP contribution in [0.25, 0.3) is 0 Å². The molecule has 1 aliphatic rings. The van der Waals surface area contributed by atoms with Crippen molar-refractivity contribution in [2.24, 2.45) is 0 Å². The fourth-order valence-corrected chi connectivity index (χ4v) is 1.91. The quantitative estimate of drug-likeness (QED) is 0.848. The molecule has 0 aliphatic heterocycles. The molecule has 2 rings (SSSR count). The summed E-state index contributed by atoms with van der Waals surface area (Å²) in [4.78, 5) is 23.3. The van der Waals surface area contributed by atoms with E-state index < -0.39 is 17.9 Å². The van der Waals surface area contributed by atoms with Crippen LogP contribution in [0.5, 0.6) is 0 Å². The number of amides is 1. The first kappa shape index (κ1) is 14.8. The predicted molar refractivity (Wildman–Crippen MR) is 71.8 cm³/mol. The van der Waals surface area contributed by atoms with E-state index >= 15 is 0 Å². The molecule has 6 heteroatoms. The van der Waals surface area contributed by atoms with Crippen LogP contribution in [0.2, 0.25) is 5.02 Å². The van der Waals surface area contributed by atoms with Crippen LogP contribution in [0.3, 0.4) is 0 Å². The number of hydrogen-bond donors (Lipinski definition) is 1. The van der Waals surface area contributed by atoms with Gasteiger partial charge in [-0.2, -0.15) is 0 Å². The topological polar surface area (TPSA) is 55.4 Å². The Balaban J connectivity index is 1.89. The summed E-state index contributed by atoms with van der Waals surface area (Å²) in [5, 5.41) is 2.89. The molecule has 1 fully saturated rings. The number of rotatable bonds is 5. The van der Waals surface area contributed by atoms with Crippen LogP contribution in [0.15, 0.2) is 18.2 Å². The average Bonchev–Trinajstić information content (AvgIpc) is 3.18. The van der Waals surface area contributed by atoms with Crippen LogP contribution in [0.4, 0.5) is 4.39 Å². The van der Waals surface area contributed by atoms with Crippen LogP contribution in [-0.4, -0.2) is 24.0 Å². The molecule has 0 aromatic heterocycles. The number of carbonyl (C=O) groups excluding carboxylic acids is 2. The van der Waals surface area contributed by atoms with Crippen molar-refractivity contribution in [1.82, 2.24) is 5.32 Å². The zero-order valence-corrected chi connectivity index (χ0v) is 11.7. The molecule has 0 heterocycles. The van der Waals surface area contributed by atoms with E-state index in [0.717, 1.165) is 12.8 Å². The minimum atomic E-state index is -0.895. The van der Waals surface area contributed by atoms with E-state index in [2.05, 4.69) is 5.32 Å². The molecule has 4 nitrogen and oxygen atoms in total. The number of halogens is 2. The minimum absolute atomic E-state index is 0.0777. The molecule has 0 radical (unpaired) electrons. The normalized spacial score (nSPS) is 15.6. The Morgan fingerprint density at radius 2 is 2.20 bits per heavy atom. The van der Waals surface area contributed by atoms with E-state index in [4.69, 9.17) is 16.3 Å². The van der Waals surface area contributed by atoms with Gasteiger partial charge in [0.1, 0.15) is 5.82 Å². The number of esters is 1. The lowest BCUT2D eigenvalue weighted by atomic mass is 10.1. The first-order chi connectivity index (χ1) is 9.47. The summed E-state index contributed by atoms with van der Waals surface area (Å²) in [6.07, 6.45) is 0.717. The van der Waals surface area contributed by atoms with Gasteiger partial charge in [-0.1, -0.05) is 17.7 Å². The lowest BCUT2D eigenvalue weighted by Gasteiger charge is -2.13. The van der Waals surface area contributed by atoms with Gasteiger partial charge in [-0.3, -0.25) is 9.59 Å². The second kappa shape index (κ2) is 6.22. The van der Waals surface area contributed by atoms with E-state index in [-0.39, 0.29) is 29.0 Å². The number of carbonyl (C=O) groups is 2. The van der Waals surface area contributed by atoms with Crippen LogP contribution < -0.4 is 5.32 Å². The van der Waals surface area contributed by atoms with Gasteiger partial charge in [-0.25, -0.2) is 4.39 Å². The van der Waals surface area contributed by atoms with Crippen molar-refractivity contribution >= 4 is 23.5 Å². The minimum Gasteiger partial charge on any atom is -0.452 e. The molecular weight excluding hydrogens is 285 g/mol. The molecule has 0 saturated heterocycles. The Labute approximate surface area is 121 Å². The molecule has 108 valence electrons. The lowest BCUT2D eigenvalue weighted by molar-refractivity contribution is -0.154. The standard InChI is InChI=1S/C14H15ClFNO3/c1-8(14(19)17-9-5-6-9)20-13(18)7-10-11(15)3-2-4-12(10)16/h2-4,8-9H,5-7H2,1H3,(H,17,19)/t8-/m1/s1. The molecule has 1 aromatic carbocycles. The first-order valence-corrected chi connectivity index (χ1v) is 6.78. The van der Waals surface area contributed by atoms with Crippen molar-refractivity contribution in [3.8, 4) is 0 Å². The number of nitrogens with one attached hydrogen (secondary N) is 1. The van der Waals surface area contributed by atoms with Gasteiger partial charge < -0.3 is 10.1 Å². The molecule has 1 aliphatic carbocycles. The van der Waals surface area contributed by atoms with Gasteiger partial charge in [0.2, 0.25) is 0 Å². The maximum absolute atomic E-state index is 13.5. The highest BCUT2D eigenvalue weighted by molar-refractivity contribution is 6.31. The van der Waals surface area contributed by atoms with Crippen LogP contribution in [0.1, 0.15) is 25.3 Å². The van der Waals surface area contributed by atoms with Crippen molar-refractivity contribution in [2.75, 3.05) is 0 Å². The van der Waals surface area contributed by atoms with E-state index in [0.29, 0.717) is 0 Å². The van der Waals surface area contributed by atoms with Gasteiger partial charge in [0.25, 0.3) is 5.91 Å². The summed E-state index contributed by atoms with van der Waals surface area (Å²) < 4.78 is 18.5. The lowest BCUT2D eigenvalue weighted by Crippen LogP contribution is -2.37. The molecule has 1 aromatic rings. The molecule has 1 saturated carbocycles. The number of ether oxygens (including phenoxy) is 1. The van der Waals surface area contributed by atoms with Crippen molar-refractivity contribution in [1.29, 1.82) is 0 Å². The third kappa shape index (κ3) is 3.93. The Kier molecular flexibility index (Phi) is 4.60. The molecule has 1 atom stereocenters. The summed E-state index contributed by atoms with van der Waals surface area (Å²) in [6, 6.07) is 4.37. The maximum atomic E-state index is 13.5. The molecule has 0 spiro atoms. The summed E-state index contributed by atoms with van der Waals surface area (Å²) in [5.41, 5.74) is 0.0777. The second-order valence-corrected chi connectivity index (χ2v) is 5.20. The fraction of sp³-hybridized carbons (Fsp3) is 0.429. The van der Waals surface area contributed by atoms with Crippen molar-refractivity contribution in [3.05, 3.63) is 34.6 Å². The summed E-state index contributed by atoms with van der Waals surface area (Å²) in [7, 11) is 0. The highest BCUT2D eigenvalue weighted by Crippen LogP contribution is 2.20. The third-order valence-corrected chi connectivity index (χ3v) is 3.34. The third-order valence-electron chi connectivity index (χ3n) is 2.98. The molecule has 1 N–H and O–H groups in total. The predicted octanol–water partition coefficient (Wildman–Crippen LogP) is 2.23. The summed E-state index contributed by atoms with van der Waals surface area (Å²) in [6.45, 7) is 1.48. The van der Waals surface area contributed by atoms with Gasteiger partial charge in [0.05, 0.1) is 6.42 Å². The van der Waals surface area contributed by atoms with E-state index in [9.17, 15) is 14.0 Å². The molecular formula is C14H15ClFNO3.